The third-order valence-corrected chi connectivity index (χ3v) is 1.72. The van der Waals surface area contributed by atoms with E-state index in [0.29, 0.717) is 0 Å². The molecule has 0 aliphatic heterocycles. The molecule has 0 saturated carbocycles. The van der Waals surface area contributed by atoms with Gasteiger partial charge in [-0.25, -0.2) is 0 Å². The zero-order chi connectivity index (χ0) is 7.07. The Balaban J connectivity index is 2.26. The molecular weight excluding hydrogens is 120 g/mol. The van der Waals surface area contributed by atoms with Gasteiger partial charge in [0.15, 0.2) is 0 Å². The van der Waals surface area contributed by atoms with E-state index in [1.54, 1.807) is 0 Å². The van der Waals surface area contributed by atoms with Gasteiger partial charge in [-0.3, -0.25) is 0 Å². The van der Waals surface area contributed by atoms with E-state index in [9.17, 15) is 0 Å². The summed E-state index contributed by atoms with van der Waals surface area (Å²) in [6, 6.07) is 0. The van der Waals surface area contributed by atoms with Crippen molar-refractivity contribution < 1.29 is 0 Å². The number of hydrogen-bond acceptors (Lipinski definition) is 0. The van der Waals surface area contributed by atoms with Crippen LogP contribution >= 0.6 is 0 Å². The second-order valence-electron chi connectivity index (χ2n) is 2.67. The van der Waals surface area contributed by atoms with Gasteiger partial charge in [-0.05, 0) is 32.1 Å². The first-order valence-corrected chi connectivity index (χ1v) is 4.13. The molecule has 0 fully saturated rings. The first-order valence-electron chi connectivity index (χ1n) is 4.13. The zero-order valence-corrected chi connectivity index (χ0v) is 6.42. The summed E-state index contributed by atoms with van der Waals surface area (Å²) >= 11 is 0. The van der Waals surface area contributed by atoms with E-state index in [-0.39, 0.29) is 0 Å². The third-order valence-electron chi connectivity index (χ3n) is 1.72. The van der Waals surface area contributed by atoms with Crippen LogP contribution in [0.2, 0.25) is 0 Å². The van der Waals surface area contributed by atoms with E-state index in [0.717, 1.165) is 6.42 Å². The van der Waals surface area contributed by atoms with Crippen molar-refractivity contribution in [2.24, 2.45) is 0 Å². The van der Waals surface area contributed by atoms with Gasteiger partial charge in [0, 0.05) is 0 Å². The highest BCUT2D eigenvalue weighted by molar-refractivity contribution is 5.04. The van der Waals surface area contributed by atoms with Crippen molar-refractivity contribution >= 4 is 0 Å². The lowest BCUT2D eigenvalue weighted by atomic mass is 10.1. The Hall–Kier alpha value is -0.520. The molecule has 0 bridgehead atoms. The van der Waals surface area contributed by atoms with Crippen LogP contribution in [-0.4, -0.2) is 0 Å². The Morgan fingerprint density at radius 1 is 0.800 bits per heavy atom. The maximum atomic E-state index is 2.36. The lowest BCUT2D eigenvalue weighted by Gasteiger charge is -1.97. The Morgan fingerprint density at radius 3 is 2.60 bits per heavy atom. The van der Waals surface area contributed by atoms with E-state index >= 15 is 0 Å². The highest BCUT2D eigenvalue weighted by Crippen LogP contribution is 2.07. The number of rotatable bonds is 0. The quantitative estimate of drug-likeness (QED) is 0.478. The van der Waals surface area contributed by atoms with Crippen molar-refractivity contribution in [1.29, 1.82) is 0 Å². The predicted octanol–water partition coefficient (Wildman–Crippen LogP) is 3.27. The predicted molar refractivity (Wildman–Crippen MR) is 45.7 cm³/mol. The monoisotopic (exact) mass is 135 g/mol. The minimum absolute atomic E-state index is 1.14. The molecule has 0 heteroatoms. The molecule has 1 radical (unpaired) electrons. The van der Waals surface area contributed by atoms with Crippen LogP contribution in [0, 0.1) is 6.42 Å². The van der Waals surface area contributed by atoms with Crippen LogP contribution in [0.1, 0.15) is 32.1 Å². The molecule has 0 atom stereocenters. The topological polar surface area (TPSA) is 0 Å². The van der Waals surface area contributed by atoms with Crippen molar-refractivity contribution in [2.45, 2.75) is 32.1 Å². The van der Waals surface area contributed by atoms with Crippen LogP contribution < -0.4 is 0 Å². The van der Waals surface area contributed by atoms with Crippen molar-refractivity contribution in [3.63, 3.8) is 0 Å². The van der Waals surface area contributed by atoms with Crippen LogP contribution in [0.25, 0.3) is 0 Å². The largest absolute Gasteiger partial charge is 0.0845 e. The lowest BCUT2D eigenvalue weighted by molar-refractivity contribution is 0.729. The minimum Gasteiger partial charge on any atom is -0.0845 e. The van der Waals surface area contributed by atoms with Crippen molar-refractivity contribution in [3.8, 4) is 0 Å². The summed E-state index contributed by atoms with van der Waals surface area (Å²) in [7, 11) is 0. The normalized spacial score (nSPS) is 27.2. The van der Waals surface area contributed by atoms with Crippen LogP contribution in [-0.2, 0) is 0 Å². The summed E-state index contributed by atoms with van der Waals surface area (Å²) in [6.07, 6.45) is 17.5. The highest BCUT2D eigenvalue weighted by Gasteiger charge is 1.88. The van der Waals surface area contributed by atoms with Gasteiger partial charge in [-0.2, -0.15) is 0 Å². The minimum atomic E-state index is 1.14. The molecule has 0 amide bonds. The lowest BCUT2D eigenvalue weighted by Crippen LogP contribution is -1.78. The van der Waals surface area contributed by atoms with Gasteiger partial charge in [0.05, 0.1) is 0 Å². The molecule has 0 unspecified atom stereocenters. The molecule has 0 aromatic rings. The first kappa shape index (κ1) is 7.59. The van der Waals surface area contributed by atoms with Crippen molar-refractivity contribution in [3.05, 3.63) is 30.7 Å². The smallest absolute Gasteiger partial charge is 0.0316 e. The molecular formula is C10H15. The van der Waals surface area contributed by atoms with Crippen LogP contribution in [0.5, 0.6) is 0 Å². The molecule has 0 N–H and O–H groups in total. The summed E-state index contributed by atoms with van der Waals surface area (Å²) in [5.41, 5.74) is 0. The SMILES string of the molecule is [CH]1C/C=C\C=C/CCCC1. The summed E-state index contributed by atoms with van der Waals surface area (Å²) < 4.78 is 0. The molecule has 1 rings (SSSR count). The Morgan fingerprint density at radius 2 is 1.60 bits per heavy atom. The van der Waals surface area contributed by atoms with Gasteiger partial charge in [-0.1, -0.05) is 30.7 Å². The Bertz CT molecular complexity index is 104. The first-order chi connectivity index (χ1) is 5.00. The van der Waals surface area contributed by atoms with Crippen LogP contribution in [0.4, 0.5) is 0 Å². The molecule has 1 aliphatic rings. The molecule has 0 heterocycles. The van der Waals surface area contributed by atoms with Gasteiger partial charge in [0.25, 0.3) is 0 Å². The van der Waals surface area contributed by atoms with E-state index in [1.807, 2.05) is 0 Å². The molecule has 0 aromatic carbocycles. The molecule has 0 nitrogen and oxygen atoms in total. The fraction of sp³-hybridized carbons (Fsp3) is 0.500. The molecule has 10 heavy (non-hydrogen) atoms. The van der Waals surface area contributed by atoms with E-state index in [4.69, 9.17) is 0 Å². The fourth-order valence-corrected chi connectivity index (χ4v) is 1.10. The second kappa shape index (κ2) is 5.28. The summed E-state index contributed by atoms with van der Waals surface area (Å²) in [5, 5.41) is 0. The standard InChI is InChI=1S/C10H15/c1-2-4-6-8-10-9-7-5-3-1/h1-4,7H,5-6,8-10H2/b3-1-,4-2-. The summed E-state index contributed by atoms with van der Waals surface area (Å²) in [6.45, 7) is 0. The molecule has 0 spiro atoms. The van der Waals surface area contributed by atoms with Gasteiger partial charge in [-0.15, -0.1) is 0 Å². The summed E-state index contributed by atoms with van der Waals surface area (Å²) in [4.78, 5) is 0. The maximum Gasteiger partial charge on any atom is -0.0316 e. The van der Waals surface area contributed by atoms with E-state index in [1.165, 1.54) is 25.7 Å². The average molecular weight is 135 g/mol. The second-order valence-corrected chi connectivity index (χ2v) is 2.67. The van der Waals surface area contributed by atoms with Gasteiger partial charge in [0.2, 0.25) is 0 Å². The summed E-state index contributed by atoms with van der Waals surface area (Å²) in [5.74, 6) is 0. The molecule has 55 valence electrons. The zero-order valence-electron chi connectivity index (χ0n) is 6.42. The molecule has 0 aromatic heterocycles. The Labute approximate surface area is 63.6 Å². The van der Waals surface area contributed by atoms with Crippen molar-refractivity contribution in [2.75, 3.05) is 0 Å². The Kier molecular flexibility index (Phi) is 4.00. The van der Waals surface area contributed by atoms with Gasteiger partial charge in [0.1, 0.15) is 0 Å². The maximum absolute atomic E-state index is 2.36. The van der Waals surface area contributed by atoms with Gasteiger partial charge < -0.3 is 0 Å². The van der Waals surface area contributed by atoms with E-state index < -0.39 is 0 Å². The fourth-order valence-electron chi connectivity index (χ4n) is 1.10. The number of allylic oxidation sites excluding steroid dienone is 4. The third kappa shape index (κ3) is 3.49. The van der Waals surface area contributed by atoms with Crippen LogP contribution in [0.3, 0.4) is 0 Å². The van der Waals surface area contributed by atoms with E-state index in [2.05, 4.69) is 30.7 Å². The number of hydrogen-bond donors (Lipinski definition) is 0. The van der Waals surface area contributed by atoms with Crippen LogP contribution in [0.15, 0.2) is 24.3 Å². The van der Waals surface area contributed by atoms with Gasteiger partial charge >= 0.3 is 0 Å². The molecule has 1 aliphatic carbocycles. The average Bonchev–Trinajstić information content (AvgIpc) is 2.01. The highest BCUT2D eigenvalue weighted by atomic mass is 13.9. The van der Waals surface area contributed by atoms with Crippen molar-refractivity contribution in [1.82, 2.24) is 0 Å². The molecule has 0 saturated heterocycles.